The third-order valence-electron chi connectivity index (χ3n) is 13.1. The number of nitrogens with one attached hydrogen (secondary N) is 12. The molecule has 1 saturated heterocycles. The molecule has 470 valence electrons. The first kappa shape index (κ1) is 73.7. The summed E-state index contributed by atoms with van der Waals surface area (Å²) in [6, 6.07) is -13.7. The molecule has 82 heavy (non-hydrogen) atoms. The predicted molar refractivity (Wildman–Crippen MR) is 304 cm³/mol. The maximum atomic E-state index is 14.4. The third kappa shape index (κ3) is 27.6. The summed E-state index contributed by atoms with van der Waals surface area (Å²) in [7, 11) is 0. The minimum atomic E-state index is -2.69. The molecule has 12 amide bonds. The Morgan fingerprint density at radius 2 is 1.01 bits per heavy atom. The molecule has 1 aliphatic heterocycles. The Labute approximate surface area is 481 Å². The van der Waals surface area contributed by atoms with Crippen molar-refractivity contribution in [3.05, 3.63) is 0 Å². The molecule has 30 heteroatoms. The largest absolute Gasteiger partial charge is 0.391 e. The van der Waals surface area contributed by atoms with Crippen molar-refractivity contribution >= 4 is 65.1 Å². The van der Waals surface area contributed by atoms with E-state index in [9.17, 15) is 63.0 Å². The van der Waals surface area contributed by atoms with Crippen LogP contribution < -0.4 is 92.5 Å². The van der Waals surface area contributed by atoms with Crippen LogP contribution in [0.3, 0.4) is 0 Å². The molecule has 1 rings (SSSR count). The molecule has 0 bridgehead atoms. The maximum Gasteiger partial charge on any atom is 0.315 e. The summed E-state index contributed by atoms with van der Waals surface area (Å²) >= 11 is 0. The summed E-state index contributed by atoms with van der Waals surface area (Å²) in [6.07, 6.45) is 3.07. The van der Waals surface area contributed by atoms with E-state index in [0.29, 0.717) is 13.0 Å². The zero-order valence-electron chi connectivity index (χ0n) is 49.0. The molecule has 1 heterocycles. The van der Waals surface area contributed by atoms with Gasteiger partial charge in [0.1, 0.15) is 54.4 Å². The van der Waals surface area contributed by atoms with Crippen LogP contribution >= 0.6 is 0 Å². The van der Waals surface area contributed by atoms with E-state index < -0.39 is 144 Å². The number of aliphatic hydroxyl groups excluding tert-OH is 1. The molecule has 0 unspecified atom stereocenters. The number of carbonyl (C=O) groups is 11. The van der Waals surface area contributed by atoms with Gasteiger partial charge in [-0.2, -0.15) is 0 Å². The first-order chi connectivity index (χ1) is 38.7. The Morgan fingerprint density at radius 1 is 0.573 bits per heavy atom. The first-order valence-corrected chi connectivity index (χ1v) is 28.7. The van der Waals surface area contributed by atoms with Gasteiger partial charge in [0.25, 0.3) is 5.91 Å². The van der Waals surface area contributed by atoms with Crippen LogP contribution in [0, 0.1) is 11.8 Å². The van der Waals surface area contributed by atoms with Crippen LogP contribution in [0.1, 0.15) is 138 Å². The monoisotopic (exact) mass is 1170 g/mol. The van der Waals surface area contributed by atoms with Crippen molar-refractivity contribution in [1.29, 1.82) is 0 Å². The van der Waals surface area contributed by atoms with Gasteiger partial charge in [-0.05, 0) is 116 Å². The van der Waals surface area contributed by atoms with Crippen molar-refractivity contribution in [2.24, 2.45) is 40.5 Å². The lowest BCUT2D eigenvalue weighted by atomic mass is 9.99. The fourth-order valence-corrected chi connectivity index (χ4v) is 8.61. The van der Waals surface area contributed by atoms with Gasteiger partial charge in [-0.15, -0.1) is 0 Å². The Kier molecular flexibility index (Phi) is 35.3. The summed E-state index contributed by atoms with van der Waals surface area (Å²) in [4.78, 5) is 152. The van der Waals surface area contributed by atoms with Crippen LogP contribution in [0.4, 0.5) is 4.79 Å². The zero-order chi connectivity index (χ0) is 62.1. The summed E-state index contributed by atoms with van der Waals surface area (Å²) in [6.45, 7) is 10.4. The fourth-order valence-electron chi connectivity index (χ4n) is 8.61. The number of unbranched alkanes of at least 4 members (excludes halogenated alkanes) is 5. The molecule has 0 aromatic heterocycles. The van der Waals surface area contributed by atoms with E-state index in [0.717, 1.165) is 39.0 Å². The van der Waals surface area contributed by atoms with Crippen molar-refractivity contribution in [3.8, 4) is 0 Å². The van der Waals surface area contributed by atoms with Crippen LogP contribution in [0.2, 0.25) is 0 Å². The summed E-state index contributed by atoms with van der Waals surface area (Å²) in [5, 5.41) is 52.0. The highest BCUT2D eigenvalue weighted by atomic mass is 16.3. The number of amides is 12. The molecule has 11 atom stereocenters. The van der Waals surface area contributed by atoms with Gasteiger partial charge in [0.15, 0.2) is 0 Å². The van der Waals surface area contributed by atoms with Gasteiger partial charge in [0.05, 0.1) is 6.10 Å². The Bertz CT molecular complexity index is 2070. The molecule has 30 nitrogen and oxygen atoms in total. The fraction of sp³-hybridized carbons (Fsp3) is 0.788. The lowest BCUT2D eigenvalue weighted by molar-refractivity contribution is -0.148. The Hall–Kier alpha value is -6.31. The predicted octanol–water partition coefficient (Wildman–Crippen LogP) is -5.55. The molecule has 0 aliphatic carbocycles. The van der Waals surface area contributed by atoms with Crippen LogP contribution in [-0.4, -0.2) is 187 Å². The van der Waals surface area contributed by atoms with E-state index in [4.69, 9.17) is 28.7 Å². The lowest BCUT2D eigenvalue weighted by Gasteiger charge is -2.29. The Balaban J connectivity index is 3.74. The topological polar surface area (TPSA) is 503 Å². The van der Waals surface area contributed by atoms with E-state index in [1.807, 2.05) is 0 Å². The van der Waals surface area contributed by atoms with E-state index in [2.05, 4.69) is 70.7 Å². The minimum Gasteiger partial charge on any atom is -0.391 e. The second kappa shape index (κ2) is 39.2. The smallest absolute Gasteiger partial charge is 0.315 e. The average Bonchev–Trinajstić information content (AvgIpc) is 3.41. The van der Waals surface area contributed by atoms with Gasteiger partial charge in [0, 0.05) is 13.1 Å². The SMILES string of the molecule is CCCCCCCCNC(=O)N[C@@H](CCN)C(=O)N[C@H](C(=O)N[C@@H](CCN)C(=O)N[C@H]1CCNC(=O)[C@](C)(O)NC(=O)[C@H](CCN)NC(=O)[C@H](CCN)NC(=O)[C@H](CC(C)C)NC(=O)[C@@H](CC(C)C)NC(=O)[C@H](CCN)NC1=O)[C@@H](C)O. The first-order valence-electron chi connectivity index (χ1n) is 28.7. The van der Waals surface area contributed by atoms with Crippen molar-refractivity contribution in [2.45, 2.75) is 205 Å². The highest BCUT2D eigenvalue weighted by Gasteiger charge is 2.39. The molecule has 0 aromatic carbocycles. The van der Waals surface area contributed by atoms with Crippen LogP contribution in [0.5, 0.6) is 0 Å². The third-order valence-corrected chi connectivity index (χ3v) is 13.1. The van der Waals surface area contributed by atoms with Crippen LogP contribution in [-0.2, 0) is 47.9 Å². The molecule has 1 fully saturated rings. The van der Waals surface area contributed by atoms with Crippen molar-refractivity contribution in [2.75, 3.05) is 45.8 Å². The molecule has 0 saturated carbocycles. The number of nitrogens with two attached hydrogens (primary N) is 5. The van der Waals surface area contributed by atoms with Gasteiger partial charge in [-0.1, -0.05) is 66.7 Å². The molecule has 24 N–H and O–H groups in total. The van der Waals surface area contributed by atoms with E-state index >= 15 is 0 Å². The van der Waals surface area contributed by atoms with Crippen LogP contribution in [0.15, 0.2) is 0 Å². The van der Waals surface area contributed by atoms with Crippen LogP contribution in [0.25, 0.3) is 0 Å². The number of carbonyl (C=O) groups excluding carboxylic acids is 11. The second-order valence-electron chi connectivity index (χ2n) is 21.6. The Morgan fingerprint density at radius 3 is 1.48 bits per heavy atom. The standard InChI is InChI=1S/C52H99N17O13/c1-8-9-10-11-12-13-25-59-51(81)67-35(17-23-56)45(75)68-40(31(6)70)49(79)64-34(16-22-55)42(72)63-37-19-26-58-50(80)52(7,82)69-48(78)36(18-24-57)62-41(71)32(14-20-53)61-46(76)38(27-29(2)3)66-47(77)39(28-30(4)5)65-43(73)33(15-21-54)60-44(37)74/h29-40,70,82H,8-28,53-57H2,1-7H3,(H,58,80)(H,60,74)(H,61,76)(H,62,71)(H,63,72)(H,64,79)(H,65,73)(H,66,77)(H,68,75)(H,69,78)(H2,59,67,81)/t31-,32+,33+,34+,35+,36+,37+,38+,39-,40+,52+/m1/s1. The molecule has 0 radical (unpaired) electrons. The summed E-state index contributed by atoms with van der Waals surface area (Å²) in [5.74, 6) is -10.1. The normalized spacial score (nSPS) is 23.5. The van der Waals surface area contributed by atoms with Crippen molar-refractivity contribution in [1.82, 2.24) is 63.8 Å². The second-order valence-corrected chi connectivity index (χ2v) is 21.6. The summed E-state index contributed by atoms with van der Waals surface area (Å²) in [5.41, 5.74) is 26.4. The number of hydrogen-bond acceptors (Lipinski definition) is 18. The quantitative estimate of drug-likeness (QED) is 0.0311. The van der Waals surface area contributed by atoms with Crippen molar-refractivity contribution in [3.63, 3.8) is 0 Å². The zero-order valence-corrected chi connectivity index (χ0v) is 49.0. The maximum absolute atomic E-state index is 14.4. The molecular formula is C52H99N17O13. The summed E-state index contributed by atoms with van der Waals surface area (Å²) < 4.78 is 0. The van der Waals surface area contributed by atoms with Gasteiger partial charge in [0.2, 0.25) is 58.9 Å². The van der Waals surface area contributed by atoms with Crippen molar-refractivity contribution < 1.29 is 63.0 Å². The molecular weight excluding hydrogens is 1070 g/mol. The van der Waals surface area contributed by atoms with Gasteiger partial charge >= 0.3 is 6.03 Å². The highest BCUT2D eigenvalue weighted by molar-refractivity contribution is 5.99. The minimum absolute atomic E-state index is 0.0391. The highest BCUT2D eigenvalue weighted by Crippen LogP contribution is 2.12. The van der Waals surface area contributed by atoms with Gasteiger partial charge in [-0.25, -0.2) is 4.79 Å². The van der Waals surface area contributed by atoms with Gasteiger partial charge < -0.3 is 103 Å². The van der Waals surface area contributed by atoms with E-state index in [-0.39, 0.29) is 89.5 Å². The lowest BCUT2D eigenvalue weighted by Crippen LogP contribution is -2.63. The van der Waals surface area contributed by atoms with E-state index in [1.165, 1.54) is 6.92 Å². The molecule has 0 spiro atoms. The van der Waals surface area contributed by atoms with Gasteiger partial charge in [-0.3, -0.25) is 47.9 Å². The number of urea groups is 1. The average molecular weight is 1170 g/mol. The number of rotatable bonds is 29. The number of hydrogen-bond donors (Lipinski definition) is 19. The number of aliphatic hydroxyl groups is 2. The molecule has 0 aromatic rings. The molecule has 1 aliphatic rings. The van der Waals surface area contributed by atoms with E-state index in [1.54, 1.807) is 27.7 Å².